The fourth-order valence-corrected chi connectivity index (χ4v) is 2.46. The van der Waals surface area contributed by atoms with Crippen LogP contribution in [-0.4, -0.2) is 56.7 Å². The Morgan fingerprint density at radius 3 is 2.74 bits per heavy atom. The summed E-state index contributed by atoms with van der Waals surface area (Å²) in [6, 6.07) is 2.99. The van der Waals surface area contributed by atoms with Crippen molar-refractivity contribution >= 4 is 29.1 Å². The summed E-state index contributed by atoms with van der Waals surface area (Å²) in [5, 5.41) is 4.74. The second kappa shape index (κ2) is 9.24. The maximum Gasteiger partial charge on any atom is 0.387 e. The number of hydrogen-bond acceptors (Lipinski definition) is 6. The maximum absolute atomic E-state index is 12.8. The van der Waals surface area contributed by atoms with E-state index in [0.29, 0.717) is 12.3 Å². The summed E-state index contributed by atoms with van der Waals surface area (Å²) < 4.78 is 35.0. The predicted molar refractivity (Wildman–Crippen MR) is 91.5 cm³/mol. The van der Waals surface area contributed by atoms with Gasteiger partial charge in [-0.15, -0.1) is 0 Å². The molecule has 1 aliphatic rings. The van der Waals surface area contributed by atoms with Crippen LogP contribution in [0, 0.1) is 0 Å². The lowest BCUT2D eigenvalue weighted by atomic mass is 10.2. The Bertz CT molecular complexity index is 716. The zero-order valence-corrected chi connectivity index (χ0v) is 14.5. The molecule has 1 saturated heterocycles. The number of morpholine rings is 1. The third-order valence-electron chi connectivity index (χ3n) is 3.67. The number of amides is 3. The lowest BCUT2D eigenvalue weighted by Crippen LogP contribution is -2.47. The summed E-state index contributed by atoms with van der Waals surface area (Å²) in [6.07, 6.45) is 0. The van der Waals surface area contributed by atoms with Crippen molar-refractivity contribution in [2.45, 2.75) is 19.6 Å². The minimum atomic E-state index is -3.14. The van der Waals surface area contributed by atoms with Gasteiger partial charge >= 0.3 is 6.61 Å². The van der Waals surface area contributed by atoms with Gasteiger partial charge in [0.15, 0.2) is 5.75 Å². The molecule has 1 atom stereocenters. The van der Waals surface area contributed by atoms with E-state index >= 15 is 0 Å². The first kappa shape index (κ1) is 20.5. The molecule has 1 fully saturated rings. The summed E-state index contributed by atoms with van der Waals surface area (Å²) in [6.45, 7) is -1.65. The van der Waals surface area contributed by atoms with Gasteiger partial charge in [0, 0.05) is 31.8 Å². The molecule has 148 valence electrons. The molecule has 0 aromatic heterocycles. The van der Waals surface area contributed by atoms with Gasteiger partial charge < -0.3 is 30.7 Å². The van der Waals surface area contributed by atoms with E-state index in [4.69, 9.17) is 10.5 Å². The van der Waals surface area contributed by atoms with Crippen molar-refractivity contribution in [3.05, 3.63) is 18.2 Å². The largest absolute Gasteiger partial charge is 0.433 e. The number of carbonyl (C=O) groups excluding carboxylic acids is 3. The molecular formula is C16H20F2N4O5. The third kappa shape index (κ3) is 5.59. The second-order valence-electron chi connectivity index (χ2n) is 5.63. The van der Waals surface area contributed by atoms with Gasteiger partial charge in [0.1, 0.15) is 12.6 Å². The van der Waals surface area contributed by atoms with Gasteiger partial charge in [-0.2, -0.15) is 8.78 Å². The van der Waals surface area contributed by atoms with E-state index in [-0.39, 0.29) is 37.0 Å². The van der Waals surface area contributed by atoms with E-state index in [9.17, 15) is 23.2 Å². The van der Waals surface area contributed by atoms with Crippen LogP contribution in [0.2, 0.25) is 0 Å². The molecule has 3 amide bonds. The average Bonchev–Trinajstić information content (AvgIpc) is 2.61. The van der Waals surface area contributed by atoms with E-state index in [2.05, 4.69) is 15.4 Å². The molecule has 1 heterocycles. The fraction of sp³-hybridized carbons (Fsp3) is 0.438. The summed E-state index contributed by atoms with van der Waals surface area (Å²) >= 11 is 0. The van der Waals surface area contributed by atoms with Gasteiger partial charge in [0.25, 0.3) is 5.91 Å². The van der Waals surface area contributed by atoms with E-state index in [1.54, 1.807) is 0 Å². The Balaban J connectivity index is 2.25. The van der Waals surface area contributed by atoms with Crippen LogP contribution in [0.5, 0.6) is 5.75 Å². The number of nitrogens with zero attached hydrogens (tertiary/aromatic N) is 1. The number of ether oxygens (including phenoxy) is 2. The summed E-state index contributed by atoms with van der Waals surface area (Å²) in [4.78, 5) is 36.6. The number of carbonyl (C=O) groups is 3. The van der Waals surface area contributed by atoms with E-state index in [1.807, 2.05) is 0 Å². The molecule has 0 unspecified atom stereocenters. The lowest BCUT2D eigenvalue weighted by Gasteiger charge is -2.27. The van der Waals surface area contributed by atoms with Crippen LogP contribution < -0.4 is 26.0 Å². The molecule has 1 aliphatic heterocycles. The molecule has 0 radical (unpaired) electrons. The number of hydrogen-bond donors (Lipinski definition) is 3. The van der Waals surface area contributed by atoms with Crippen molar-refractivity contribution in [3.63, 3.8) is 0 Å². The molecule has 0 aliphatic carbocycles. The minimum absolute atomic E-state index is 0.0476. The number of anilines is 2. The molecule has 1 aromatic carbocycles. The normalized spacial score (nSPS) is 15.4. The topological polar surface area (TPSA) is 123 Å². The number of nitrogens with one attached hydrogen (secondary N) is 2. The summed E-state index contributed by atoms with van der Waals surface area (Å²) in [7, 11) is 0. The van der Waals surface area contributed by atoms with E-state index < -0.39 is 24.5 Å². The van der Waals surface area contributed by atoms with Crippen LogP contribution in [0.25, 0.3) is 0 Å². The van der Waals surface area contributed by atoms with Crippen molar-refractivity contribution in [1.82, 2.24) is 5.32 Å². The van der Waals surface area contributed by atoms with Crippen LogP contribution in [-0.2, 0) is 19.1 Å². The first-order valence-corrected chi connectivity index (χ1v) is 8.06. The van der Waals surface area contributed by atoms with Crippen molar-refractivity contribution in [2.24, 2.45) is 5.73 Å². The van der Waals surface area contributed by atoms with Crippen LogP contribution in [0.1, 0.15) is 6.92 Å². The van der Waals surface area contributed by atoms with Crippen molar-refractivity contribution in [2.75, 3.05) is 36.5 Å². The molecule has 2 rings (SSSR count). The number of rotatable bonds is 7. The van der Waals surface area contributed by atoms with E-state index in [0.717, 1.165) is 0 Å². The zero-order valence-electron chi connectivity index (χ0n) is 14.5. The zero-order chi connectivity index (χ0) is 20.0. The van der Waals surface area contributed by atoms with Crippen LogP contribution in [0.4, 0.5) is 20.2 Å². The highest BCUT2D eigenvalue weighted by atomic mass is 19.3. The van der Waals surface area contributed by atoms with E-state index in [1.165, 1.54) is 30.0 Å². The summed E-state index contributed by atoms with van der Waals surface area (Å²) in [5.41, 5.74) is 5.73. The van der Waals surface area contributed by atoms with Gasteiger partial charge in [-0.05, 0) is 12.1 Å². The van der Waals surface area contributed by atoms with Crippen LogP contribution in [0.3, 0.4) is 0 Å². The smallest absolute Gasteiger partial charge is 0.387 e. The Morgan fingerprint density at radius 2 is 2.15 bits per heavy atom. The minimum Gasteiger partial charge on any atom is -0.433 e. The summed E-state index contributed by atoms with van der Waals surface area (Å²) in [5.74, 6) is -1.81. The van der Waals surface area contributed by atoms with Gasteiger partial charge in [0.05, 0.1) is 12.3 Å². The van der Waals surface area contributed by atoms with Crippen molar-refractivity contribution < 1.29 is 32.6 Å². The monoisotopic (exact) mass is 386 g/mol. The highest BCUT2D eigenvalue weighted by molar-refractivity contribution is 5.99. The van der Waals surface area contributed by atoms with Crippen LogP contribution in [0.15, 0.2) is 18.2 Å². The molecule has 1 aromatic rings. The van der Waals surface area contributed by atoms with Crippen molar-refractivity contribution in [1.29, 1.82) is 0 Å². The Kier molecular flexibility index (Phi) is 7.02. The Labute approximate surface area is 153 Å². The molecule has 27 heavy (non-hydrogen) atoms. The first-order chi connectivity index (χ1) is 12.8. The highest BCUT2D eigenvalue weighted by Crippen LogP contribution is 2.32. The average molecular weight is 386 g/mol. The third-order valence-corrected chi connectivity index (χ3v) is 3.67. The number of alkyl halides is 2. The Morgan fingerprint density at radius 1 is 1.41 bits per heavy atom. The fourth-order valence-electron chi connectivity index (χ4n) is 2.46. The molecule has 0 bridgehead atoms. The number of nitrogens with two attached hydrogens (primary N) is 1. The van der Waals surface area contributed by atoms with Crippen LogP contribution >= 0.6 is 0 Å². The van der Waals surface area contributed by atoms with Gasteiger partial charge in [-0.25, -0.2) is 0 Å². The standard InChI is InChI=1S/C16H20F2N4O5/c1-9(23)20-12(7-19)15(25)21-11-3-2-10(6-13(11)27-16(17)18)22-4-5-26-8-14(22)24/h2-3,6,12,16H,4-5,7-8,19H2,1H3,(H,20,23)(H,21,25)/t12-/m0/s1. The van der Waals surface area contributed by atoms with Gasteiger partial charge in [0.2, 0.25) is 11.8 Å². The number of benzene rings is 1. The molecule has 4 N–H and O–H groups in total. The first-order valence-electron chi connectivity index (χ1n) is 8.06. The second-order valence-corrected chi connectivity index (χ2v) is 5.63. The Hall–Kier alpha value is -2.79. The lowest BCUT2D eigenvalue weighted by molar-refractivity contribution is -0.125. The molecule has 0 spiro atoms. The van der Waals surface area contributed by atoms with Gasteiger partial charge in [-0.1, -0.05) is 0 Å². The van der Waals surface area contributed by atoms with Gasteiger partial charge in [-0.3, -0.25) is 14.4 Å². The van der Waals surface area contributed by atoms with Crippen molar-refractivity contribution in [3.8, 4) is 5.75 Å². The molecule has 0 saturated carbocycles. The molecule has 9 nitrogen and oxygen atoms in total. The molecule has 11 heteroatoms. The maximum atomic E-state index is 12.8. The SMILES string of the molecule is CC(=O)N[C@@H](CN)C(=O)Nc1ccc(N2CCOCC2=O)cc1OC(F)F. The quantitative estimate of drug-likeness (QED) is 0.609. The molecular weight excluding hydrogens is 366 g/mol. The number of halogens is 2. The predicted octanol–water partition coefficient (Wildman–Crippen LogP) is 0.0531. The highest BCUT2D eigenvalue weighted by Gasteiger charge is 2.24.